The van der Waals surface area contributed by atoms with Crippen molar-refractivity contribution in [2.24, 2.45) is 17.3 Å². The zero-order chi connectivity index (χ0) is 31.1. The molecule has 4 aromatic rings. The van der Waals surface area contributed by atoms with Gasteiger partial charge in [0.25, 0.3) is 0 Å². The van der Waals surface area contributed by atoms with E-state index in [9.17, 15) is 20.4 Å². The zero-order valence-electron chi connectivity index (χ0n) is 26.3. The second kappa shape index (κ2) is 11.5. The summed E-state index contributed by atoms with van der Waals surface area (Å²) in [5, 5.41) is 40.3. The fraction of sp³-hybridized carbons (Fsp3) is 0.400. The maximum absolute atomic E-state index is 10.3. The van der Waals surface area contributed by atoms with Gasteiger partial charge in [0.1, 0.15) is 23.0 Å². The first-order valence-electron chi connectivity index (χ1n) is 16.2. The Kier molecular flexibility index (Phi) is 7.90. The van der Waals surface area contributed by atoms with Crippen molar-refractivity contribution in [1.29, 1.82) is 0 Å². The van der Waals surface area contributed by atoms with E-state index < -0.39 is 0 Å². The van der Waals surface area contributed by atoms with Gasteiger partial charge in [0.2, 0.25) is 0 Å². The monoisotopic (exact) mass is 590 g/mol. The summed E-state index contributed by atoms with van der Waals surface area (Å²) in [6.45, 7) is 6.96. The predicted molar refractivity (Wildman–Crippen MR) is 176 cm³/mol. The first-order chi connectivity index (χ1) is 21.0. The summed E-state index contributed by atoms with van der Waals surface area (Å²) in [5.41, 5.74) is 5.76. The lowest BCUT2D eigenvalue weighted by atomic mass is 9.53. The molecule has 0 unspecified atom stereocenters. The van der Waals surface area contributed by atoms with Crippen LogP contribution in [0.5, 0.6) is 23.0 Å². The Morgan fingerprint density at radius 1 is 0.500 bits per heavy atom. The van der Waals surface area contributed by atoms with Crippen LogP contribution in [0.15, 0.2) is 91.0 Å². The topological polar surface area (TPSA) is 80.9 Å². The van der Waals surface area contributed by atoms with Crippen LogP contribution in [0.3, 0.4) is 0 Å². The van der Waals surface area contributed by atoms with Gasteiger partial charge in [0.15, 0.2) is 0 Å². The van der Waals surface area contributed by atoms with Crippen molar-refractivity contribution < 1.29 is 20.4 Å². The van der Waals surface area contributed by atoms with Crippen LogP contribution in [0.1, 0.15) is 93.0 Å². The molecule has 0 bridgehead atoms. The van der Waals surface area contributed by atoms with Gasteiger partial charge in [0, 0.05) is 10.8 Å². The predicted octanol–water partition coefficient (Wildman–Crippen LogP) is 9.50. The smallest absolute Gasteiger partial charge is 0.118 e. The van der Waals surface area contributed by atoms with Gasteiger partial charge in [-0.3, -0.25) is 0 Å². The highest BCUT2D eigenvalue weighted by Gasteiger charge is 2.48. The third-order valence-electron chi connectivity index (χ3n) is 11.8. The summed E-state index contributed by atoms with van der Waals surface area (Å²) >= 11 is 0. The zero-order valence-corrected chi connectivity index (χ0v) is 26.3. The van der Waals surface area contributed by atoms with Crippen molar-refractivity contribution in [2.75, 3.05) is 0 Å². The molecule has 0 aromatic heterocycles. The summed E-state index contributed by atoms with van der Waals surface area (Å²) < 4.78 is 0. The molecule has 0 radical (unpaired) electrons. The van der Waals surface area contributed by atoms with Crippen LogP contribution in [0.2, 0.25) is 0 Å². The SMILES string of the molecule is Cc1cc(C2(c3ccc(O)cc3)CCC(C(C)(C)C3CCC(c4ccc(O)cc4)(c4ccc(O)cc4)CC3)CC2)ccc1O. The highest BCUT2D eigenvalue weighted by atomic mass is 16.3. The van der Waals surface area contributed by atoms with Crippen molar-refractivity contribution in [3.05, 3.63) is 119 Å². The molecule has 230 valence electrons. The Morgan fingerprint density at radius 2 is 0.818 bits per heavy atom. The Hall–Kier alpha value is -3.92. The average Bonchev–Trinajstić information content (AvgIpc) is 3.03. The third kappa shape index (κ3) is 5.33. The summed E-state index contributed by atoms with van der Waals surface area (Å²) in [5.74, 6) is 2.39. The molecule has 0 aliphatic heterocycles. The van der Waals surface area contributed by atoms with Crippen molar-refractivity contribution >= 4 is 0 Å². The summed E-state index contributed by atoms with van der Waals surface area (Å²) in [7, 11) is 0. The molecular weight excluding hydrogens is 544 g/mol. The van der Waals surface area contributed by atoms with E-state index in [1.54, 1.807) is 36.4 Å². The normalized spacial score (nSPS) is 22.5. The highest BCUT2D eigenvalue weighted by molar-refractivity contribution is 5.47. The standard InChI is InChI=1S/C40H46O4/c1-27-26-33(10-17-37(27)44)40(32-8-15-36(43)16-9-32)24-20-29(21-25-40)38(2,3)28-18-22-39(23-19-28,30-4-11-34(41)12-5-30)31-6-13-35(42)14-7-31/h4-17,26,28-29,41-44H,18-25H2,1-3H3. The van der Waals surface area contributed by atoms with E-state index in [-0.39, 0.29) is 33.5 Å². The van der Waals surface area contributed by atoms with Gasteiger partial charge >= 0.3 is 0 Å². The number of phenols is 4. The average molecular weight is 591 g/mol. The van der Waals surface area contributed by atoms with Crippen LogP contribution in [0.4, 0.5) is 0 Å². The van der Waals surface area contributed by atoms with Crippen LogP contribution < -0.4 is 0 Å². The van der Waals surface area contributed by atoms with Gasteiger partial charge in [-0.1, -0.05) is 62.4 Å². The third-order valence-corrected chi connectivity index (χ3v) is 11.8. The molecule has 0 spiro atoms. The second-order valence-corrected chi connectivity index (χ2v) is 14.2. The molecule has 2 saturated carbocycles. The Labute approximate surface area is 262 Å². The minimum Gasteiger partial charge on any atom is -0.508 e. The summed E-state index contributed by atoms with van der Waals surface area (Å²) in [6.07, 6.45) is 8.66. The molecule has 6 rings (SSSR count). The molecule has 0 amide bonds. The summed E-state index contributed by atoms with van der Waals surface area (Å²) in [4.78, 5) is 0. The largest absolute Gasteiger partial charge is 0.508 e. The van der Waals surface area contributed by atoms with E-state index in [1.807, 2.05) is 13.0 Å². The number of benzene rings is 4. The van der Waals surface area contributed by atoms with Gasteiger partial charge in [-0.25, -0.2) is 0 Å². The number of phenolic OH excluding ortho intramolecular Hbond substituents is 4. The van der Waals surface area contributed by atoms with E-state index >= 15 is 0 Å². The van der Waals surface area contributed by atoms with Crippen LogP contribution in [-0.2, 0) is 10.8 Å². The lowest BCUT2D eigenvalue weighted by molar-refractivity contribution is 0.0364. The molecule has 4 N–H and O–H groups in total. The number of aryl methyl sites for hydroxylation is 1. The maximum atomic E-state index is 10.3. The van der Waals surface area contributed by atoms with Crippen LogP contribution in [0.25, 0.3) is 0 Å². The van der Waals surface area contributed by atoms with Gasteiger partial charge in [-0.2, -0.15) is 0 Å². The van der Waals surface area contributed by atoms with Gasteiger partial charge < -0.3 is 20.4 Å². The molecule has 2 fully saturated rings. The quantitative estimate of drug-likeness (QED) is 0.180. The maximum Gasteiger partial charge on any atom is 0.118 e. The Bertz CT molecular complexity index is 1520. The van der Waals surface area contributed by atoms with Crippen LogP contribution >= 0.6 is 0 Å². The summed E-state index contributed by atoms with van der Waals surface area (Å²) in [6, 6.07) is 29.3. The van der Waals surface area contributed by atoms with E-state index in [0.29, 0.717) is 17.6 Å². The van der Waals surface area contributed by atoms with Crippen molar-refractivity contribution in [1.82, 2.24) is 0 Å². The molecule has 4 aromatic carbocycles. The fourth-order valence-electron chi connectivity index (χ4n) is 8.83. The van der Waals surface area contributed by atoms with E-state index in [0.717, 1.165) is 56.9 Å². The lowest BCUT2D eigenvalue weighted by Crippen LogP contribution is -2.43. The number of aromatic hydroxyl groups is 4. The van der Waals surface area contributed by atoms with Crippen molar-refractivity contribution in [3.63, 3.8) is 0 Å². The fourth-order valence-corrected chi connectivity index (χ4v) is 8.83. The number of hydrogen-bond acceptors (Lipinski definition) is 4. The molecule has 0 saturated heterocycles. The van der Waals surface area contributed by atoms with E-state index in [2.05, 4.69) is 62.4 Å². The molecule has 2 aliphatic carbocycles. The second-order valence-electron chi connectivity index (χ2n) is 14.2. The minimum atomic E-state index is -0.141. The molecular formula is C40H46O4. The lowest BCUT2D eigenvalue weighted by Gasteiger charge is -2.51. The van der Waals surface area contributed by atoms with Crippen LogP contribution in [0, 0.1) is 24.2 Å². The molecule has 2 aliphatic rings. The van der Waals surface area contributed by atoms with Gasteiger partial charge in [0.05, 0.1) is 0 Å². The van der Waals surface area contributed by atoms with E-state index in [4.69, 9.17) is 0 Å². The molecule has 44 heavy (non-hydrogen) atoms. The van der Waals surface area contributed by atoms with Gasteiger partial charge in [-0.15, -0.1) is 0 Å². The Balaban J connectivity index is 1.24. The number of hydrogen-bond donors (Lipinski definition) is 4. The van der Waals surface area contributed by atoms with Crippen molar-refractivity contribution in [2.45, 2.75) is 83.0 Å². The van der Waals surface area contributed by atoms with Gasteiger partial charge in [-0.05, 0) is 146 Å². The minimum absolute atomic E-state index is 0.134. The first-order valence-corrected chi connectivity index (χ1v) is 16.2. The number of rotatable bonds is 6. The van der Waals surface area contributed by atoms with Crippen LogP contribution in [-0.4, -0.2) is 20.4 Å². The van der Waals surface area contributed by atoms with E-state index in [1.165, 1.54) is 22.3 Å². The first kappa shape index (κ1) is 30.1. The molecule has 4 heteroatoms. The molecule has 0 heterocycles. The molecule has 0 atom stereocenters. The highest BCUT2D eigenvalue weighted by Crippen LogP contribution is 2.57. The molecule has 4 nitrogen and oxygen atoms in total. The van der Waals surface area contributed by atoms with Crippen molar-refractivity contribution in [3.8, 4) is 23.0 Å². The Morgan fingerprint density at radius 3 is 1.16 bits per heavy atom.